The maximum atomic E-state index is 5.34. The molecule has 10 aromatic rings. The summed E-state index contributed by atoms with van der Waals surface area (Å²) in [4.78, 5) is 10.6. The molecule has 0 unspecified atom stereocenters. The monoisotopic (exact) mass is 692 g/mol. The van der Waals surface area contributed by atoms with Crippen molar-refractivity contribution in [2.24, 2.45) is 0 Å². The van der Waals surface area contributed by atoms with E-state index in [-0.39, 0.29) is 0 Å². The van der Waals surface area contributed by atoms with Crippen LogP contribution >= 0.6 is 11.3 Å². The third-order valence-electron chi connectivity index (χ3n) is 10.0. The van der Waals surface area contributed by atoms with E-state index < -0.39 is 0 Å². The Morgan fingerprint density at radius 2 is 0.830 bits per heavy atom. The van der Waals surface area contributed by atoms with Crippen molar-refractivity contribution in [3.63, 3.8) is 0 Å². The fraction of sp³-hybridized carbons (Fsp3) is 0. The highest BCUT2D eigenvalue weighted by atomic mass is 32.1. The Kier molecular flexibility index (Phi) is 7.71. The van der Waals surface area contributed by atoms with Gasteiger partial charge in [0.05, 0.1) is 11.4 Å². The molecule has 0 bridgehead atoms. The van der Waals surface area contributed by atoms with Gasteiger partial charge in [-0.2, -0.15) is 0 Å². The second kappa shape index (κ2) is 13.1. The predicted molar refractivity (Wildman–Crippen MR) is 225 cm³/mol. The molecule has 53 heavy (non-hydrogen) atoms. The minimum Gasteiger partial charge on any atom is -0.228 e. The zero-order valence-electron chi connectivity index (χ0n) is 28.8. The minimum absolute atomic E-state index is 0.696. The molecule has 0 saturated carbocycles. The number of hydrogen-bond donors (Lipinski definition) is 0. The van der Waals surface area contributed by atoms with Crippen LogP contribution in [0.25, 0.3) is 98.2 Å². The summed E-state index contributed by atoms with van der Waals surface area (Å²) in [6.07, 6.45) is 0. The Balaban J connectivity index is 1.19. The Morgan fingerprint density at radius 1 is 0.283 bits per heavy atom. The molecule has 0 aliphatic carbocycles. The number of aromatic nitrogens is 2. The average Bonchev–Trinajstić information content (AvgIpc) is 3.62. The number of fused-ring (bicyclic) bond motifs is 4. The minimum atomic E-state index is 0.696. The van der Waals surface area contributed by atoms with Gasteiger partial charge in [-0.3, -0.25) is 0 Å². The van der Waals surface area contributed by atoms with Gasteiger partial charge in [-0.05, 0) is 98.8 Å². The summed E-state index contributed by atoms with van der Waals surface area (Å²) in [5.41, 5.74) is 11.8. The molecule has 2 nitrogen and oxygen atoms in total. The van der Waals surface area contributed by atoms with Gasteiger partial charge in [0.1, 0.15) is 0 Å². The molecule has 3 heteroatoms. The Bertz CT molecular complexity index is 2950. The van der Waals surface area contributed by atoms with Crippen molar-refractivity contribution in [2.75, 3.05) is 0 Å². The first-order valence-corrected chi connectivity index (χ1v) is 18.7. The molecule has 0 spiro atoms. The van der Waals surface area contributed by atoms with Crippen molar-refractivity contribution in [1.29, 1.82) is 0 Å². The van der Waals surface area contributed by atoms with Crippen molar-refractivity contribution in [3.8, 4) is 67.3 Å². The first-order chi connectivity index (χ1) is 26.2. The van der Waals surface area contributed by atoms with Crippen molar-refractivity contribution < 1.29 is 0 Å². The zero-order valence-corrected chi connectivity index (χ0v) is 29.6. The van der Waals surface area contributed by atoms with Gasteiger partial charge in [-0.1, -0.05) is 140 Å². The van der Waals surface area contributed by atoms with Gasteiger partial charge in [0.15, 0.2) is 5.82 Å². The fourth-order valence-corrected chi connectivity index (χ4v) is 8.42. The van der Waals surface area contributed by atoms with Gasteiger partial charge < -0.3 is 0 Å². The van der Waals surface area contributed by atoms with Crippen LogP contribution in [0.3, 0.4) is 0 Å². The second-order valence-corrected chi connectivity index (χ2v) is 14.5. The molecule has 0 fully saturated rings. The maximum absolute atomic E-state index is 5.34. The van der Waals surface area contributed by atoms with Crippen LogP contribution in [0.5, 0.6) is 0 Å². The van der Waals surface area contributed by atoms with E-state index in [0.29, 0.717) is 5.82 Å². The average molecular weight is 693 g/mol. The standard InChI is InChI=1S/C50H32N2S/c1-3-12-33(13-4-1)37-18-11-19-40(27-37)50-51-46(39-23-22-35-16-7-8-17-36(35)26-39)32-47(52-50)43-29-41(34-14-5-2-6-15-34)28-42(30-43)38-24-25-49-45(31-38)44-20-9-10-21-48(44)53-49/h1-32H. The van der Waals surface area contributed by atoms with Crippen LogP contribution in [0.1, 0.15) is 0 Å². The van der Waals surface area contributed by atoms with Crippen LogP contribution < -0.4 is 0 Å². The lowest BCUT2D eigenvalue weighted by atomic mass is 9.93. The number of rotatable bonds is 6. The number of benzene rings is 8. The van der Waals surface area contributed by atoms with Gasteiger partial charge in [-0.15, -0.1) is 11.3 Å². The van der Waals surface area contributed by atoms with Crippen LogP contribution in [-0.2, 0) is 0 Å². The molecule has 0 N–H and O–H groups in total. The molecule has 0 aliphatic rings. The molecule has 0 aliphatic heterocycles. The predicted octanol–water partition coefficient (Wildman–Crippen LogP) is 14.0. The van der Waals surface area contributed by atoms with Crippen LogP contribution in [-0.4, -0.2) is 9.97 Å². The Hall–Kier alpha value is -6.68. The highest BCUT2D eigenvalue weighted by Gasteiger charge is 2.15. The van der Waals surface area contributed by atoms with E-state index in [1.54, 1.807) is 0 Å². The van der Waals surface area contributed by atoms with Gasteiger partial charge in [0, 0.05) is 36.9 Å². The molecular formula is C50H32N2S. The molecule has 10 rings (SSSR count). The van der Waals surface area contributed by atoms with Crippen LogP contribution in [0, 0.1) is 0 Å². The van der Waals surface area contributed by atoms with Crippen molar-refractivity contribution >= 4 is 42.3 Å². The van der Waals surface area contributed by atoms with E-state index >= 15 is 0 Å². The van der Waals surface area contributed by atoms with E-state index in [9.17, 15) is 0 Å². The molecule has 248 valence electrons. The molecule has 0 atom stereocenters. The summed E-state index contributed by atoms with van der Waals surface area (Å²) < 4.78 is 2.61. The van der Waals surface area contributed by atoms with Crippen molar-refractivity contribution in [2.45, 2.75) is 0 Å². The lowest BCUT2D eigenvalue weighted by Gasteiger charge is -2.14. The second-order valence-electron chi connectivity index (χ2n) is 13.4. The number of hydrogen-bond acceptors (Lipinski definition) is 3. The van der Waals surface area contributed by atoms with Gasteiger partial charge in [0.2, 0.25) is 0 Å². The Morgan fingerprint density at radius 3 is 1.64 bits per heavy atom. The molecule has 8 aromatic carbocycles. The number of nitrogens with zero attached hydrogens (tertiary/aromatic N) is 2. The first kappa shape index (κ1) is 31.1. The van der Waals surface area contributed by atoms with E-state index in [1.165, 1.54) is 36.5 Å². The third-order valence-corrected chi connectivity index (χ3v) is 11.2. The highest BCUT2D eigenvalue weighted by Crippen LogP contribution is 2.39. The molecule has 0 amide bonds. The van der Waals surface area contributed by atoms with Gasteiger partial charge in [-0.25, -0.2) is 9.97 Å². The Labute approximate surface area is 312 Å². The first-order valence-electron chi connectivity index (χ1n) is 17.9. The normalized spacial score (nSPS) is 11.4. The molecule has 2 aromatic heterocycles. The van der Waals surface area contributed by atoms with E-state index in [4.69, 9.17) is 9.97 Å². The lowest BCUT2D eigenvalue weighted by Crippen LogP contribution is -1.97. The molecular weight excluding hydrogens is 661 g/mol. The van der Waals surface area contributed by atoms with Crippen LogP contribution in [0.2, 0.25) is 0 Å². The quantitative estimate of drug-likeness (QED) is 0.173. The summed E-state index contributed by atoms with van der Waals surface area (Å²) in [7, 11) is 0. The summed E-state index contributed by atoms with van der Waals surface area (Å²) in [6.45, 7) is 0. The largest absolute Gasteiger partial charge is 0.228 e. The van der Waals surface area contributed by atoms with Gasteiger partial charge >= 0.3 is 0 Å². The molecule has 2 heterocycles. The van der Waals surface area contributed by atoms with E-state index in [2.05, 4.69) is 188 Å². The summed E-state index contributed by atoms with van der Waals surface area (Å²) in [5.74, 6) is 0.696. The maximum Gasteiger partial charge on any atom is 0.160 e. The van der Waals surface area contributed by atoms with Crippen LogP contribution in [0.15, 0.2) is 194 Å². The van der Waals surface area contributed by atoms with E-state index in [0.717, 1.165) is 55.9 Å². The summed E-state index contributed by atoms with van der Waals surface area (Å²) in [5, 5.41) is 4.97. The summed E-state index contributed by atoms with van der Waals surface area (Å²) in [6, 6.07) is 69.3. The van der Waals surface area contributed by atoms with Crippen LogP contribution in [0.4, 0.5) is 0 Å². The lowest BCUT2D eigenvalue weighted by molar-refractivity contribution is 1.18. The zero-order chi connectivity index (χ0) is 35.1. The molecule has 0 saturated heterocycles. The van der Waals surface area contributed by atoms with Crippen molar-refractivity contribution in [3.05, 3.63) is 194 Å². The van der Waals surface area contributed by atoms with Gasteiger partial charge in [0.25, 0.3) is 0 Å². The number of thiophene rings is 1. The molecule has 0 radical (unpaired) electrons. The van der Waals surface area contributed by atoms with E-state index in [1.807, 2.05) is 17.4 Å². The highest BCUT2D eigenvalue weighted by molar-refractivity contribution is 7.25. The fourth-order valence-electron chi connectivity index (χ4n) is 7.33. The third kappa shape index (κ3) is 5.97. The smallest absolute Gasteiger partial charge is 0.160 e. The summed E-state index contributed by atoms with van der Waals surface area (Å²) >= 11 is 1.85. The van der Waals surface area contributed by atoms with Crippen molar-refractivity contribution in [1.82, 2.24) is 9.97 Å². The SMILES string of the molecule is c1ccc(-c2cc(-c3ccc4sc5ccccc5c4c3)cc(-c3cc(-c4ccc5ccccc5c4)nc(-c4cccc(-c5ccccc5)c4)n3)c2)cc1. The topological polar surface area (TPSA) is 25.8 Å².